The molecule has 0 saturated carbocycles. The fraction of sp³-hybridized carbons (Fsp3) is 0.480. The molecule has 1 aliphatic rings. The summed E-state index contributed by atoms with van der Waals surface area (Å²) in [6, 6.07) is 9.66. The predicted molar refractivity (Wildman–Crippen MR) is 121 cm³/mol. The maximum atomic E-state index is 12.8. The van der Waals surface area contributed by atoms with Crippen LogP contribution in [0.2, 0.25) is 0 Å². The summed E-state index contributed by atoms with van der Waals surface area (Å²) >= 11 is 0. The number of esters is 1. The zero-order valence-electron chi connectivity index (χ0n) is 19.2. The SMILES string of the molecule is Cc1cc(C(=O)COC(=O)[C@@H](NC(=O)c2ccccc2)C(C)C)c(C)n1CC1CCCO1. The van der Waals surface area contributed by atoms with Crippen LogP contribution in [0.1, 0.15) is 58.8 Å². The summed E-state index contributed by atoms with van der Waals surface area (Å²) in [6.07, 6.45) is 2.24. The summed E-state index contributed by atoms with van der Waals surface area (Å²) in [4.78, 5) is 37.9. The Balaban J connectivity index is 1.61. The summed E-state index contributed by atoms with van der Waals surface area (Å²) in [5.74, 6) is -1.43. The van der Waals surface area contributed by atoms with Gasteiger partial charge in [-0.2, -0.15) is 0 Å². The number of nitrogens with one attached hydrogen (secondary N) is 1. The van der Waals surface area contributed by atoms with E-state index >= 15 is 0 Å². The average Bonchev–Trinajstić information content (AvgIpc) is 3.39. The Morgan fingerprint density at radius 1 is 1.19 bits per heavy atom. The first-order valence-corrected chi connectivity index (χ1v) is 11.1. The summed E-state index contributed by atoms with van der Waals surface area (Å²) in [7, 11) is 0. The second-order valence-electron chi connectivity index (χ2n) is 8.62. The largest absolute Gasteiger partial charge is 0.456 e. The number of Topliss-reactive ketones (excluding diaryl/α,β-unsaturated/α-hetero) is 1. The van der Waals surface area contributed by atoms with Crippen LogP contribution in [0.3, 0.4) is 0 Å². The van der Waals surface area contributed by atoms with E-state index < -0.39 is 12.0 Å². The molecule has 1 fully saturated rings. The van der Waals surface area contributed by atoms with Crippen molar-refractivity contribution in [2.24, 2.45) is 5.92 Å². The fourth-order valence-corrected chi connectivity index (χ4v) is 3.97. The number of ketones is 1. The van der Waals surface area contributed by atoms with Crippen molar-refractivity contribution >= 4 is 17.7 Å². The van der Waals surface area contributed by atoms with Gasteiger partial charge in [0.15, 0.2) is 6.61 Å². The molecule has 7 heteroatoms. The number of carbonyl (C=O) groups is 3. The lowest BCUT2D eigenvalue weighted by Crippen LogP contribution is -2.45. The molecule has 1 unspecified atom stereocenters. The minimum Gasteiger partial charge on any atom is -0.456 e. The molecule has 0 radical (unpaired) electrons. The highest BCUT2D eigenvalue weighted by molar-refractivity contribution is 6.00. The monoisotopic (exact) mass is 440 g/mol. The minimum atomic E-state index is -0.845. The molecule has 0 bridgehead atoms. The first-order valence-electron chi connectivity index (χ1n) is 11.1. The number of ether oxygens (including phenoxy) is 2. The molecule has 172 valence electrons. The van der Waals surface area contributed by atoms with E-state index in [-0.39, 0.29) is 30.3 Å². The Labute approximate surface area is 189 Å². The van der Waals surface area contributed by atoms with Gasteiger partial charge < -0.3 is 19.4 Å². The molecule has 1 amide bonds. The molecular weight excluding hydrogens is 408 g/mol. The lowest BCUT2D eigenvalue weighted by molar-refractivity contribution is -0.145. The molecule has 1 N–H and O–H groups in total. The van der Waals surface area contributed by atoms with Crippen molar-refractivity contribution in [1.29, 1.82) is 0 Å². The molecule has 1 aromatic heterocycles. The third-order valence-corrected chi connectivity index (χ3v) is 5.87. The highest BCUT2D eigenvalue weighted by Crippen LogP contribution is 2.21. The molecule has 32 heavy (non-hydrogen) atoms. The van der Waals surface area contributed by atoms with E-state index in [1.54, 1.807) is 24.3 Å². The van der Waals surface area contributed by atoms with Gasteiger partial charge in [0.25, 0.3) is 5.91 Å². The van der Waals surface area contributed by atoms with E-state index in [9.17, 15) is 14.4 Å². The molecule has 2 atom stereocenters. The van der Waals surface area contributed by atoms with Crippen molar-refractivity contribution in [3.63, 3.8) is 0 Å². The second kappa shape index (κ2) is 10.6. The van der Waals surface area contributed by atoms with Crippen LogP contribution in [-0.2, 0) is 20.8 Å². The number of hydrogen-bond donors (Lipinski definition) is 1. The zero-order valence-corrected chi connectivity index (χ0v) is 19.2. The van der Waals surface area contributed by atoms with Crippen LogP contribution in [0.15, 0.2) is 36.4 Å². The summed E-state index contributed by atoms with van der Waals surface area (Å²) in [6.45, 7) is 8.62. The van der Waals surface area contributed by atoms with Gasteiger partial charge in [-0.05, 0) is 50.8 Å². The van der Waals surface area contributed by atoms with Crippen molar-refractivity contribution in [3.05, 3.63) is 58.9 Å². The van der Waals surface area contributed by atoms with Crippen molar-refractivity contribution in [2.45, 2.75) is 59.2 Å². The molecule has 3 rings (SSSR count). The minimum absolute atomic E-state index is 0.167. The number of hydrogen-bond acceptors (Lipinski definition) is 5. The number of rotatable bonds is 9. The van der Waals surface area contributed by atoms with Crippen LogP contribution in [0.5, 0.6) is 0 Å². The Morgan fingerprint density at radius 2 is 1.91 bits per heavy atom. The van der Waals surface area contributed by atoms with E-state index in [2.05, 4.69) is 9.88 Å². The van der Waals surface area contributed by atoms with Crippen LogP contribution in [0.4, 0.5) is 0 Å². The van der Waals surface area contributed by atoms with Crippen LogP contribution < -0.4 is 5.32 Å². The highest BCUT2D eigenvalue weighted by Gasteiger charge is 2.28. The first kappa shape index (κ1) is 23.7. The lowest BCUT2D eigenvalue weighted by atomic mass is 10.0. The summed E-state index contributed by atoms with van der Waals surface area (Å²) < 4.78 is 13.1. The van der Waals surface area contributed by atoms with Gasteiger partial charge in [-0.25, -0.2) is 4.79 Å². The number of amides is 1. The van der Waals surface area contributed by atoms with Crippen LogP contribution in [0, 0.1) is 19.8 Å². The van der Waals surface area contributed by atoms with Crippen molar-refractivity contribution < 1.29 is 23.9 Å². The predicted octanol–water partition coefficient (Wildman–Crippen LogP) is 3.46. The number of benzene rings is 1. The van der Waals surface area contributed by atoms with E-state index in [0.29, 0.717) is 17.7 Å². The third-order valence-electron chi connectivity index (χ3n) is 5.87. The normalized spacial score (nSPS) is 16.7. The topological polar surface area (TPSA) is 86.6 Å². The smallest absolute Gasteiger partial charge is 0.329 e. The van der Waals surface area contributed by atoms with Gasteiger partial charge in [0.2, 0.25) is 5.78 Å². The zero-order chi connectivity index (χ0) is 23.3. The molecule has 0 spiro atoms. The van der Waals surface area contributed by atoms with Gasteiger partial charge in [-0.15, -0.1) is 0 Å². The maximum absolute atomic E-state index is 12.8. The van der Waals surface area contributed by atoms with E-state index in [1.807, 2.05) is 39.8 Å². The molecule has 1 saturated heterocycles. The standard InChI is InChI=1S/C25H32N2O5/c1-16(2)23(26-24(29)19-9-6-5-7-10-19)25(30)32-15-22(28)21-13-17(3)27(18(21)4)14-20-11-8-12-31-20/h5-7,9-10,13,16,20,23H,8,11-12,14-15H2,1-4H3,(H,26,29)/t20?,23-/m0/s1. The number of nitrogens with zero attached hydrogens (tertiary/aromatic N) is 1. The Bertz CT molecular complexity index is 958. The second-order valence-corrected chi connectivity index (χ2v) is 8.62. The van der Waals surface area contributed by atoms with Crippen molar-refractivity contribution in [1.82, 2.24) is 9.88 Å². The molecule has 7 nitrogen and oxygen atoms in total. The quantitative estimate of drug-likeness (QED) is 0.477. The van der Waals surface area contributed by atoms with Crippen LogP contribution in [0.25, 0.3) is 0 Å². The Morgan fingerprint density at radius 3 is 2.53 bits per heavy atom. The molecule has 2 aromatic rings. The molecule has 1 aromatic carbocycles. The average molecular weight is 441 g/mol. The van der Waals surface area contributed by atoms with E-state index in [0.717, 1.165) is 30.8 Å². The van der Waals surface area contributed by atoms with Crippen LogP contribution in [-0.4, -0.2) is 47.6 Å². The highest BCUT2D eigenvalue weighted by atomic mass is 16.5. The summed E-state index contributed by atoms with van der Waals surface area (Å²) in [5, 5.41) is 2.72. The van der Waals surface area contributed by atoms with Gasteiger partial charge in [0.1, 0.15) is 6.04 Å². The Kier molecular flexibility index (Phi) is 7.85. The molecular formula is C25H32N2O5. The molecule has 1 aliphatic heterocycles. The van der Waals surface area contributed by atoms with Crippen molar-refractivity contribution in [2.75, 3.05) is 13.2 Å². The van der Waals surface area contributed by atoms with Gasteiger partial charge in [0.05, 0.1) is 6.10 Å². The first-order chi connectivity index (χ1) is 15.3. The maximum Gasteiger partial charge on any atom is 0.329 e. The van der Waals surface area contributed by atoms with Gasteiger partial charge in [-0.1, -0.05) is 32.0 Å². The van der Waals surface area contributed by atoms with E-state index in [4.69, 9.17) is 9.47 Å². The summed E-state index contributed by atoms with van der Waals surface area (Å²) in [5.41, 5.74) is 2.82. The fourth-order valence-electron chi connectivity index (χ4n) is 3.97. The number of aryl methyl sites for hydroxylation is 1. The van der Waals surface area contributed by atoms with Crippen molar-refractivity contribution in [3.8, 4) is 0 Å². The van der Waals surface area contributed by atoms with E-state index in [1.165, 1.54) is 0 Å². The van der Waals surface area contributed by atoms with Gasteiger partial charge in [0, 0.05) is 35.7 Å². The van der Waals surface area contributed by atoms with Gasteiger partial charge in [-0.3, -0.25) is 9.59 Å². The van der Waals surface area contributed by atoms with Gasteiger partial charge >= 0.3 is 5.97 Å². The molecule has 0 aliphatic carbocycles. The number of aromatic nitrogens is 1. The Hall–Kier alpha value is -2.93. The van der Waals surface area contributed by atoms with Crippen LogP contribution >= 0.6 is 0 Å². The number of carbonyl (C=O) groups excluding carboxylic acids is 3. The molecule has 2 heterocycles. The lowest BCUT2D eigenvalue weighted by Gasteiger charge is -2.20. The third kappa shape index (κ3) is 5.65.